The normalized spacial score (nSPS) is 12.3. The number of fused-ring (bicyclic) bond motifs is 5. The van der Waals surface area contributed by atoms with E-state index in [1.54, 1.807) is 0 Å². The Bertz CT molecular complexity index is 4000. The van der Waals surface area contributed by atoms with Gasteiger partial charge < -0.3 is 0 Å². The highest BCUT2D eigenvalue weighted by atomic mass is 14.9. The van der Waals surface area contributed by atoms with Gasteiger partial charge in [-0.05, 0) is 89.7 Å². The van der Waals surface area contributed by atoms with Gasteiger partial charge >= 0.3 is 0 Å². The molecule has 0 amide bonds. The van der Waals surface area contributed by atoms with E-state index in [4.69, 9.17) is 15.0 Å². The highest BCUT2D eigenvalue weighted by Gasteiger charge is 2.18. The number of benzene rings is 11. The number of nitrogens with zero attached hydrogens (tertiary/aromatic N) is 3. The number of hydrogen-bond acceptors (Lipinski definition) is 3. The van der Waals surface area contributed by atoms with Crippen LogP contribution in [-0.4, -0.2) is 15.7 Å². The number of aliphatic imine (C=N–C) groups is 1. The second-order valence-corrected chi connectivity index (χ2v) is 18.2. The van der Waals surface area contributed by atoms with Crippen LogP contribution in [-0.2, 0) is 6.42 Å². The standard InChI is InChI=1S/C68H45N3/c1-3-13-45(14-4-1)47-25-35-53(36-26-47)66-58-18-8-7-17-49(58)41-44-64(69-66)52-33-29-50(30-34-52)56-20-11-22-59-60-23-12-21-57(62(60)43-42-61(56)59)51-31-39-55(40-32-51)68-70-65-24-10-9-19-63(65)67(71-68)54-37-27-48(28-38-54)46-15-5-2-6-16-46/h1-40,42-44H,41H2. The van der Waals surface area contributed by atoms with Crippen molar-refractivity contribution in [1.82, 2.24) is 9.97 Å². The average Bonchev–Trinajstić information content (AvgIpc) is 3.65. The third-order valence-corrected chi connectivity index (χ3v) is 14.0. The molecule has 0 aliphatic carbocycles. The second kappa shape index (κ2) is 18.0. The third-order valence-electron chi connectivity index (χ3n) is 14.0. The van der Waals surface area contributed by atoms with Crippen molar-refractivity contribution in [3.05, 3.63) is 283 Å². The summed E-state index contributed by atoms with van der Waals surface area (Å²) in [4.78, 5) is 15.7. The van der Waals surface area contributed by atoms with E-state index in [2.05, 4.69) is 249 Å². The van der Waals surface area contributed by atoms with Crippen LogP contribution in [0.3, 0.4) is 0 Å². The molecule has 3 nitrogen and oxygen atoms in total. The molecular formula is C68H45N3. The topological polar surface area (TPSA) is 38.1 Å². The molecule has 2 heterocycles. The van der Waals surface area contributed by atoms with Crippen LogP contribution in [0.1, 0.15) is 22.3 Å². The minimum Gasteiger partial charge on any atom is -0.247 e. The Morgan fingerprint density at radius 2 is 0.718 bits per heavy atom. The quantitative estimate of drug-likeness (QED) is 0.143. The first-order chi connectivity index (χ1) is 35.2. The molecule has 0 atom stereocenters. The Hall–Kier alpha value is -9.31. The maximum absolute atomic E-state index is 5.41. The zero-order chi connectivity index (χ0) is 47.1. The first-order valence-corrected chi connectivity index (χ1v) is 24.3. The monoisotopic (exact) mass is 903 g/mol. The molecule has 1 aromatic heterocycles. The summed E-state index contributed by atoms with van der Waals surface area (Å²) in [7, 11) is 0. The summed E-state index contributed by atoms with van der Waals surface area (Å²) >= 11 is 0. The number of aromatic nitrogens is 2. The van der Waals surface area contributed by atoms with Gasteiger partial charge in [0.2, 0.25) is 0 Å². The van der Waals surface area contributed by atoms with Crippen LogP contribution in [0.25, 0.3) is 105 Å². The SMILES string of the molecule is C1=C(c2ccc(-c3cccc4c3ccc3c(-c5ccc(-c6nc(-c7ccc(-c8ccccc8)cc7)c7ccccc7n6)cc5)cccc34)cc2)N=C(c2ccc(-c3ccccc3)cc2)c2ccccc2C1. The van der Waals surface area contributed by atoms with Gasteiger partial charge in [0.1, 0.15) is 0 Å². The summed E-state index contributed by atoms with van der Waals surface area (Å²) in [6.07, 6.45) is 3.09. The number of para-hydroxylation sites is 1. The number of rotatable bonds is 8. The summed E-state index contributed by atoms with van der Waals surface area (Å²) in [5.41, 5.74) is 20.0. The van der Waals surface area contributed by atoms with Crippen LogP contribution in [0.4, 0.5) is 0 Å². The van der Waals surface area contributed by atoms with Crippen molar-refractivity contribution in [2.24, 2.45) is 4.99 Å². The van der Waals surface area contributed by atoms with E-state index in [-0.39, 0.29) is 0 Å². The summed E-state index contributed by atoms with van der Waals surface area (Å²) < 4.78 is 0. The van der Waals surface area contributed by atoms with Crippen molar-refractivity contribution in [1.29, 1.82) is 0 Å². The van der Waals surface area contributed by atoms with Crippen LogP contribution in [0, 0.1) is 0 Å². The van der Waals surface area contributed by atoms with E-state index in [1.807, 2.05) is 12.1 Å². The number of allylic oxidation sites excluding steroid dienone is 1. The van der Waals surface area contributed by atoms with E-state index in [1.165, 1.54) is 71.6 Å². The Balaban J connectivity index is 0.798. The van der Waals surface area contributed by atoms with Gasteiger partial charge in [-0.25, -0.2) is 15.0 Å². The molecule has 0 fully saturated rings. The average molecular weight is 904 g/mol. The van der Waals surface area contributed by atoms with Crippen molar-refractivity contribution >= 4 is 43.9 Å². The van der Waals surface area contributed by atoms with Crippen LogP contribution in [0.5, 0.6) is 0 Å². The fourth-order valence-corrected chi connectivity index (χ4v) is 10.3. The summed E-state index contributed by atoms with van der Waals surface area (Å²) in [6, 6.07) is 91.1. The molecule has 3 heteroatoms. The molecule has 0 saturated carbocycles. The minimum atomic E-state index is 0.709. The van der Waals surface area contributed by atoms with E-state index in [0.29, 0.717) is 5.82 Å². The van der Waals surface area contributed by atoms with Gasteiger partial charge in [-0.1, -0.05) is 255 Å². The van der Waals surface area contributed by atoms with Crippen LogP contribution >= 0.6 is 0 Å². The van der Waals surface area contributed by atoms with Gasteiger partial charge in [0.25, 0.3) is 0 Å². The summed E-state index contributed by atoms with van der Waals surface area (Å²) in [5.74, 6) is 0.709. The lowest BCUT2D eigenvalue weighted by Gasteiger charge is -2.14. The lowest BCUT2D eigenvalue weighted by atomic mass is 9.91. The van der Waals surface area contributed by atoms with Crippen molar-refractivity contribution in [2.75, 3.05) is 0 Å². The highest BCUT2D eigenvalue weighted by Crippen LogP contribution is 2.39. The molecule has 0 saturated heterocycles. The number of hydrogen-bond donors (Lipinski definition) is 0. The van der Waals surface area contributed by atoms with Crippen LogP contribution in [0.2, 0.25) is 0 Å². The smallest absolute Gasteiger partial charge is 0.160 e. The third kappa shape index (κ3) is 7.90. The van der Waals surface area contributed by atoms with Crippen molar-refractivity contribution in [3.8, 4) is 67.2 Å². The molecule has 1 aliphatic heterocycles. The van der Waals surface area contributed by atoms with Crippen LogP contribution in [0.15, 0.2) is 266 Å². The lowest BCUT2D eigenvalue weighted by Crippen LogP contribution is -2.05. The van der Waals surface area contributed by atoms with E-state index < -0.39 is 0 Å². The van der Waals surface area contributed by atoms with Gasteiger partial charge in [-0.15, -0.1) is 0 Å². The molecule has 332 valence electrons. The Labute approximate surface area is 413 Å². The minimum absolute atomic E-state index is 0.709. The molecule has 11 aromatic carbocycles. The maximum atomic E-state index is 5.41. The van der Waals surface area contributed by atoms with E-state index in [0.717, 1.165) is 62.2 Å². The molecule has 1 aliphatic rings. The molecule has 0 radical (unpaired) electrons. The Kier molecular flexibility index (Phi) is 10.6. The summed E-state index contributed by atoms with van der Waals surface area (Å²) in [5, 5.41) is 5.93. The van der Waals surface area contributed by atoms with Crippen LogP contribution < -0.4 is 0 Å². The largest absolute Gasteiger partial charge is 0.247 e. The molecule has 12 aromatic rings. The first kappa shape index (κ1) is 41.8. The van der Waals surface area contributed by atoms with Gasteiger partial charge in [0, 0.05) is 27.6 Å². The predicted molar refractivity (Wildman–Crippen MR) is 297 cm³/mol. The summed E-state index contributed by atoms with van der Waals surface area (Å²) in [6.45, 7) is 0. The highest BCUT2D eigenvalue weighted by molar-refractivity contribution is 6.17. The predicted octanol–water partition coefficient (Wildman–Crippen LogP) is 17.4. The van der Waals surface area contributed by atoms with Crippen molar-refractivity contribution < 1.29 is 0 Å². The van der Waals surface area contributed by atoms with Gasteiger partial charge in [-0.2, -0.15) is 0 Å². The van der Waals surface area contributed by atoms with Crippen molar-refractivity contribution in [2.45, 2.75) is 6.42 Å². The molecule has 0 bridgehead atoms. The molecular weight excluding hydrogens is 859 g/mol. The second-order valence-electron chi connectivity index (χ2n) is 18.2. The molecule has 71 heavy (non-hydrogen) atoms. The molecule has 0 spiro atoms. The Morgan fingerprint density at radius 1 is 0.268 bits per heavy atom. The Morgan fingerprint density at radius 3 is 1.34 bits per heavy atom. The van der Waals surface area contributed by atoms with E-state index in [9.17, 15) is 0 Å². The van der Waals surface area contributed by atoms with Gasteiger partial charge in [0.15, 0.2) is 5.82 Å². The van der Waals surface area contributed by atoms with Gasteiger partial charge in [-0.3, -0.25) is 0 Å². The zero-order valence-corrected chi connectivity index (χ0v) is 38.9. The fraction of sp³-hybridized carbons (Fsp3) is 0.0147. The molecule has 13 rings (SSSR count). The molecule has 0 N–H and O–H groups in total. The zero-order valence-electron chi connectivity index (χ0n) is 38.9. The molecule has 0 unspecified atom stereocenters. The maximum Gasteiger partial charge on any atom is 0.160 e. The van der Waals surface area contributed by atoms with Crippen molar-refractivity contribution in [3.63, 3.8) is 0 Å². The lowest BCUT2D eigenvalue weighted by molar-refractivity contribution is 1.23. The first-order valence-electron chi connectivity index (χ1n) is 24.3. The fourth-order valence-electron chi connectivity index (χ4n) is 10.3. The van der Waals surface area contributed by atoms with Gasteiger partial charge in [0.05, 0.1) is 22.6 Å². The van der Waals surface area contributed by atoms with E-state index >= 15 is 0 Å².